The summed E-state index contributed by atoms with van der Waals surface area (Å²) in [6.07, 6.45) is -4.76. The fourth-order valence-corrected chi connectivity index (χ4v) is 3.35. The number of aryl methyl sites for hydroxylation is 2. The van der Waals surface area contributed by atoms with Crippen molar-refractivity contribution in [3.8, 4) is 28.6 Å². The third kappa shape index (κ3) is 4.76. The number of hydrogen-bond donors (Lipinski definition) is 1. The zero-order chi connectivity index (χ0) is 23.8. The minimum atomic E-state index is -4.76. The molecule has 0 spiro atoms. The second-order valence-electron chi connectivity index (χ2n) is 7.09. The maximum atomic E-state index is 12.4. The number of nitrogens with zero attached hydrogens (tertiary/aromatic N) is 4. The van der Waals surface area contributed by atoms with E-state index in [4.69, 9.17) is 9.47 Å². The molecule has 11 heteroatoms. The number of imidazole rings is 1. The Kier molecular flexibility index (Phi) is 5.71. The number of rotatable bonds is 6. The number of alkyl halides is 3. The molecule has 8 nitrogen and oxygen atoms in total. The van der Waals surface area contributed by atoms with Gasteiger partial charge in [0, 0.05) is 17.3 Å². The molecule has 0 radical (unpaired) electrons. The molecule has 2 aromatic carbocycles. The van der Waals surface area contributed by atoms with Gasteiger partial charge in [0.05, 0.1) is 19.9 Å². The third-order valence-corrected chi connectivity index (χ3v) is 4.79. The Morgan fingerprint density at radius 2 is 1.52 bits per heavy atom. The summed E-state index contributed by atoms with van der Waals surface area (Å²) in [7, 11) is 3.09. The largest absolute Gasteiger partial charge is 0.573 e. The summed E-state index contributed by atoms with van der Waals surface area (Å²) in [5, 5.41) is 7.77. The molecular weight excluding hydrogens is 439 g/mol. The van der Waals surface area contributed by atoms with Gasteiger partial charge in [-0.3, -0.25) is 0 Å². The first-order valence-corrected chi connectivity index (χ1v) is 9.77. The standard InChI is InChI=1S/C22H20F3N5O3/c1-12-19-21(27-15-5-7-16(8-6-15)33-22(23,24)25)28-20(29-30(19)13(2)26-12)14-9-17(31-3)11-18(10-14)32-4/h5-11H,1-4H3,(H,27,28,29). The molecule has 1 N–H and O–H groups in total. The summed E-state index contributed by atoms with van der Waals surface area (Å²) in [4.78, 5) is 9.14. The Labute approximate surface area is 187 Å². The Balaban J connectivity index is 1.78. The number of hydrogen-bond acceptors (Lipinski definition) is 7. The predicted molar refractivity (Wildman–Crippen MR) is 115 cm³/mol. The van der Waals surface area contributed by atoms with Crippen LogP contribution in [0.5, 0.6) is 17.2 Å². The van der Waals surface area contributed by atoms with Gasteiger partial charge in [-0.1, -0.05) is 0 Å². The SMILES string of the molecule is COc1cc(OC)cc(-c2nc(Nc3ccc(OC(F)(F)F)cc3)c3c(C)nc(C)n3n2)c1. The van der Waals surface area contributed by atoms with Crippen LogP contribution in [-0.4, -0.2) is 40.2 Å². The van der Waals surface area contributed by atoms with Crippen molar-refractivity contribution >= 4 is 17.0 Å². The second kappa shape index (κ2) is 8.49. The minimum absolute atomic E-state index is 0.318. The number of fused-ring (bicyclic) bond motifs is 1. The molecular formula is C22H20F3N5O3. The molecule has 0 aliphatic rings. The van der Waals surface area contributed by atoms with Gasteiger partial charge in [0.1, 0.15) is 28.6 Å². The first-order valence-electron chi connectivity index (χ1n) is 9.77. The summed E-state index contributed by atoms with van der Waals surface area (Å²) >= 11 is 0. The number of methoxy groups -OCH3 is 2. The van der Waals surface area contributed by atoms with Crippen molar-refractivity contribution in [3.05, 3.63) is 54.0 Å². The van der Waals surface area contributed by atoms with Crippen LogP contribution in [0.2, 0.25) is 0 Å². The van der Waals surface area contributed by atoms with E-state index in [1.807, 2.05) is 13.8 Å². The van der Waals surface area contributed by atoms with E-state index in [0.717, 1.165) is 0 Å². The maximum Gasteiger partial charge on any atom is 0.573 e. The van der Waals surface area contributed by atoms with Gasteiger partial charge in [0.15, 0.2) is 11.6 Å². The highest BCUT2D eigenvalue weighted by atomic mass is 19.4. The van der Waals surface area contributed by atoms with Crippen molar-refractivity contribution in [2.45, 2.75) is 20.2 Å². The number of halogens is 3. The van der Waals surface area contributed by atoms with Gasteiger partial charge >= 0.3 is 6.36 Å². The highest BCUT2D eigenvalue weighted by Crippen LogP contribution is 2.31. The molecule has 0 aliphatic heterocycles. The molecule has 0 saturated carbocycles. The summed E-state index contributed by atoms with van der Waals surface area (Å²) in [5.41, 5.74) is 2.50. The van der Waals surface area contributed by atoms with Crippen LogP contribution in [0.15, 0.2) is 42.5 Å². The van der Waals surface area contributed by atoms with E-state index in [-0.39, 0.29) is 5.75 Å². The molecule has 0 atom stereocenters. The lowest BCUT2D eigenvalue weighted by Crippen LogP contribution is -2.17. The van der Waals surface area contributed by atoms with Crippen molar-refractivity contribution in [2.24, 2.45) is 0 Å². The van der Waals surface area contributed by atoms with Gasteiger partial charge < -0.3 is 19.5 Å². The highest BCUT2D eigenvalue weighted by Gasteiger charge is 2.31. The Morgan fingerprint density at radius 1 is 0.879 bits per heavy atom. The molecule has 172 valence electrons. The fraction of sp³-hybridized carbons (Fsp3) is 0.227. The summed E-state index contributed by atoms with van der Waals surface area (Å²) in [6, 6.07) is 10.6. The van der Waals surface area contributed by atoms with E-state index in [1.54, 1.807) is 36.9 Å². The van der Waals surface area contributed by atoms with Crippen molar-refractivity contribution in [2.75, 3.05) is 19.5 Å². The monoisotopic (exact) mass is 459 g/mol. The van der Waals surface area contributed by atoms with Crippen LogP contribution in [-0.2, 0) is 0 Å². The van der Waals surface area contributed by atoms with Gasteiger partial charge in [0.2, 0.25) is 0 Å². The number of ether oxygens (including phenoxy) is 3. The van der Waals surface area contributed by atoms with Crippen LogP contribution in [0, 0.1) is 13.8 Å². The summed E-state index contributed by atoms with van der Waals surface area (Å²) in [6.45, 7) is 3.64. The van der Waals surface area contributed by atoms with Gasteiger partial charge in [-0.2, -0.15) is 0 Å². The van der Waals surface area contributed by atoms with E-state index in [9.17, 15) is 13.2 Å². The van der Waals surface area contributed by atoms with Crippen LogP contribution in [0.3, 0.4) is 0 Å². The molecule has 0 bridgehead atoms. The van der Waals surface area contributed by atoms with Crippen LogP contribution in [0.4, 0.5) is 24.7 Å². The average Bonchev–Trinajstić information content (AvgIpc) is 3.07. The first kappa shape index (κ1) is 22.2. The molecule has 4 aromatic rings. The van der Waals surface area contributed by atoms with E-state index in [2.05, 4.69) is 25.1 Å². The van der Waals surface area contributed by atoms with E-state index < -0.39 is 6.36 Å². The molecule has 0 amide bonds. The molecule has 0 aliphatic carbocycles. The molecule has 0 unspecified atom stereocenters. The summed E-state index contributed by atoms with van der Waals surface area (Å²) < 4.78 is 53.6. The zero-order valence-corrected chi connectivity index (χ0v) is 18.2. The van der Waals surface area contributed by atoms with Gasteiger partial charge in [-0.25, -0.2) is 14.5 Å². The van der Waals surface area contributed by atoms with Crippen LogP contribution >= 0.6 is 0 Å². The predicted octanol–water partition coefficient (Wildman–Crippen LogP) is 5.07. The molecule has 33 heavy (non-hydrogen) atoms. The maximum absolute atomic E-state index is 12.4. The van der Waals surface area contributed by atoms with Crippen molar-refractivity contribution < 1.29 is 27.4 Å². The minimum Gasteiger partial charge on any atom is -0.497 e. The highest BCUT2D eigenvalue weighted by molar-refractivity contribution is 5.77. The smallest absolute Gasteiger partial charge is 0.497 e. The molecule has 4 rings (SSSR count). The molecule has 2 heterocycles. The molecule has 2 aromatic heterocycles. The van der Waals surface area contributed by atoms with Gasteiger partial charge in [-0.05, 0) is 50.2 Å². The lowest BCUT2D eigenvalue weighted by atomic mass is 10.2. The van der Waals surface area contributed by atoms with Gasteiger partial charge in [0.25, 0.3) is 0 Å². The Hall–Kier alpha value is -4.02. The van der Waals surface area contributed by atoms with Crippen molar-refractivity contribution in [1.82, 2.24) is 19.6 Å². The fourth-order valence-electron chi connectivity index (χ4n) is 3.35. The van der Waals surface area contributed by atoms with Crippen LogP contribution < -0.4 is 19.5 Å². The Bertz CT molecular complexity index is 1280. The van der Waals surface area contributed by atoms with Crippen molar-refractivity contribution in [3.63, 3.8) is 0 Å². The molecule has 0 saturated heterocycles. The average molecular weight is 459 g/mol. The quantitative estimate of drug-likeness (QED) is 0.431. The lowest BCUT2D eigenvalue weighted by molar-refractivity contribution is -0.274. The van der Waals surface area contributed by atoms with Crippen LogP contribution in [0.1, 0.15) is 11.5 Å². The second-order valence-corrected chi connectivity index (χ2v) is 7.09. The number of benzene rings is 2. The van der Waals surface area contributed by atoms with Crippen LogP contribution in [0.25, 0.3) is 16.9 Å². The number of aromatic nitrogens is 4. The van der Waals surface area contributed by atoms with Gasteiger partial charge in [-0.15, -0.1) is 18.3 Å². The normalized spacial score (nSPS) is 11.5. The van der Waals surface area contributed by atoms with E-state index >= 15 is 0 Å². The third-order valence-electron chi connectivity index (χ3n) is 4.79. The summed E-state index contributed by atoms with van der Waals surface area (Å²) in [5.74, 6) is 2.28. The van der Waals surface area contributed by atoms with Crippen molar-refractivity contribution in [1.29, 1.82) is 0 Å². The number of nitrogens with one attached hydrogen (secondary N) is 1. The number of anilines is 2. The first-order chi connectivity index (χ1) is 15.7. The topological polar surface area (TPSA) is 82.8 Å². The van der Waals surface area contributed by atoms with E-state index in [0.29, 0.717) is 51.4 Å². The lowest BCUT2D eigenvalue weighted by Gasteiger charge is -2.13. The molecule has 0 fully saturated rings. The Morgan fingerprint density at radius 3 is 2.09 bits per heavy atom. The van der Waals surface area contributed by atoms with E-state index in [1.165, 1.54) is 24.3 Å². The zero-order valence-electron chi connectivity index (χ0n) is 18.2.